The third kappa shape index (κ3) is 3.57. The smallest absolute Gasteiger partial charge is 0.253 e. The summed E-state index contributed by atoms with van der Waals surface area (Å²) in [5.74, 6) is -0.238. The predicted molar refractivity (Wildman–Crippen MR) is 112 cm³/mol. The zero-order valence-electron chi connectivity index (χ0n) is 15.5. The van der Waals surface area contributed by atoms with Gasteiger partial charge >= 0.3 is 0 Å². The number of carbonyl (C=O) groups excluding carboxylic acids is 1. The van der Waals surface area contributed by atoms with E-state index in [1.807, 2.05) is 43.3 Å². The minimum Gasteiger partial charge on any atom is -0.348 e. The molecule has 1 amide bonds. The average Bonchev–Trinajstić information content (AvgIpc) is 3.39. The van der Waals surface area contributed by atoms with Crippen LogP contribution in [0, 0.1) is 0 Å². The van der Waals surface area contributed by atoms with Crippen molar-refractivity contribution in [3.63, 3.8) is 0 Å². The van der Waals surface area contributed by atoms with E-state index >= 15 is 0 Å². The molecule has 0 aliphatic carbocycles. The van der Waals surface area contributed by atoms with Crippen LogP contribution in [0.15, 0.2) is 64.2 Å². The third-order valence-corrected chi connectivity index (χ3v) is 8.48. The van der Waals surface area contributed by atoms with Crippen LogP contribution < -0.4 is 5.32 Å². The number of hydrogen-bond donors (Lipinski definition) is 1. The van der Waals surface area contributed by atoms with Gasteiger partial charge in [0, 0.05) is 6.54 Å². The topological polar surface area (TPSA) is 66.5 Å². The van der Waals surface area contributed by atoms with Crippen LogP contribution in [-0.4, -0.2) is 31.2 Å². The molecule has 0 radical (unpaired) electrons. The van der Waals surface area contributed by atoms with Crippen LogP contribution in [0.2, 0.25) is 0 Å². The first-order valence-corrected chi connectivity index (χ1v) is 11.6. The molecule has 146 valence electrons. The van der Waals surface area contributed by atoms with Crippen molar-refractivity contribution in [1.82, 2.24) is 9.62 Å². The molecule has 7 heteroatoms. The molecule has 1 aliphatic rings. The van der Waals surface area contributed by atoms with Gasteiger partial charge in [-0.1, -0.05) is 42.5 Å². The van der Waals surface area contributed by atoms with Crippen molar-refractivity contribution in [2.24, 2.45) is 0 Å². The zero-order valence-corrected chi connectivity index (χ0v) is 17.2. The Labute approximate surface area is 169 Å². The fourth-order valence-corrected chi connectivity index (χ4v) is 6.46. The summed E-state index contributed by atoms with van der Waals surface area (Å²) in [6.07, 6.45) is 1.23. The molecule has 0 spiro atoms. The number of sulfonamides is 1. The SMILES string of the molecule is CC(NC(=O)C1CCCN1S(=O)(=O)c1cccs1)c1ccc2ccccc2c1. The van der Waals surface area contributed by atoms with E-state index in [9.17, 15) is 13.2 Å². The highest BCUT2D eigenvalue weighted by Gasteiger charge is 2.40. The summed E-state index contributed by atoms with van der Waals surface area (Å²) in [6, 6.07) is 16.6. The fraction of sp³-hybridized carbons (Fsp3) is 0.286. The normalized spacial score (nSPS) is 19.0. The van der Waals surface area contributed by atoms with Crippen molar-refractivity contribution in [3.8, 4) is 0 Å². The molecule has 4 rings (SSSR count). The van der Waals surface area contributed by atoms with Crippen molar-refractivity contribution >= 4 is 38.0 Å². The minimum atomic E-state index is -3.63. The molecule has 1 aromatic heterocycles. The molecule has 1 saturated heterocycles. The Morgan fingerprint density at radius 2 is 1.93 bits per heavy atom. The van der Waals surface area contributed by atoms with E-state index in [1.54, 1.807) is 17.5 Å². The fourth-order valence-electron chi connectivity index (χ4n) is 3.69. The Hall–Kier alpha value is -2.22. The Balaban J connectivity index is 1.52. The van der Waals surface area contributed by atoms with Crippen LogP contribution in [0.4, 0.5) is 0 Å². The van der Waals surface area contributed by atoms with Crippen molar-refractivity contribution in [2.75, 3.05) is 6.54 Å². The van der Waals surface area contributed by atoms with E-state index in [1.165, 1.54) is 15.6 Å². The standard InChI is InChI=1S/C21H22N2O3S2/c1-15(17-11-10-16-6-2-3-7-18(16)14-17)22-21(24)19-8-4-12-23(19)28(25,26)20-9-5-13-27-20/h2-3,5-7,9-11,13-15,19H,4,8,12H2,1H3,(H,22,24). The molecule has 2 atom stereocenters. The Kier molecular flexibility index (Phi) is 5.23. The summed E-state index contributed by atoms with van der Waals surface area (Å²) < 4.78 is 27.4. The average molecular weight is 415 g/mol. The highest BCUT2D eigenvalue weighted by Crippen LogP contribution is 2.29. The molecule has 28 heavy (non-hydrogen) atoms. The molecule has 1 aliphatic heterocycles. The van der Waals surface area contributed by atoms with Crippen LogP contribution in [0.25, 0.3) is 10.8 Å². The first-order chi connectivity index (χ1) is 13.5. The molecule has 1 fully saturated rings. The number of amides is 1. The molecule has 0 bridgehead atoms. The Bertz CT molecular complexity index is 1090. The number of thiophene rings is 1. The lowest BCUT2D eigenvalue weighted by Gasteiger charge is -2.24. The van der Waals surface area contributed by atoms with Gasteiger partial charge in [0.25, 0.3) is 10.0 Å². The van der Waals surface area contributed by atoms with E-state index in [0.717, 1.165) is 16.3 Å². The Morgan fingerprint density at radius 3 is 2.68 bits per heavy atom. The van der Waals surface area contributed by atoms with Gasteiger partial charge < -0.3 is 5.32 Å². The number of hydrogen-bond acceptors (Lipinski definition) is 4. The summed E-state index contributed by atoms with van der Waals surface area (Å²) in [7, 11) is -3.63. The maximum atomic E-state index is 12.9. The summed E-state index contributed by atoms with van der Waals surface area (Å²) in [6.45, 7) is 2.30. The molecule has 3 aromatic rings. The number of nitrogens with one attached hydrogen (secondary N) is 1. The quantitative estimate of drug-likeness (QED) is 0.688. The van der Waals surface area contributed by atoms with Gasteiger partial charge in [-0.05, 0) is 53.6 Å². The highest BCUT2D eigenvalue weighted by atomic mass is 32.2. The number of nitrogens with zero attached hydrogens (tertiary/aromatic N) is 1. The lowest BCUT2D eigenvalue weighted by atomic mass is 10.0. The van der Waals surface area contributed by atoms with Gasteiger partial charge in [0.2, 0.25) is 5.91 Å². The van der Waals surface area contributed by atoms with Gasteiger partial charge in [-0.3, -0.25) is 4.79 Å². The molecular formula is C21H22N2O3S2. The van der Waals surface area contributed by atoms with Crippen LogP contribution in [0.5, 0.6) is 0 Å². The highest BCUT2D eigenvalue weighted by molar-refractivity contribution is 7.91. The lowest BCUT2D eigenvalue weighted by Crippen LogP contribution is -2.46. The van der Waals surface area contributed by atoms with Gasteiger partial charge in [0.05, 0.1) is 6.04 Å². The monoisotopic (exact) mass is 414 g/mol. The van der Waals surface area contributed by atoms with Gasteiger partial charge in [-0.25, -0.2) is 8.42 Å². The first-order valence-electron chi connectivity index (χ1n) is 9.31. The number of fused-ring (bicyclic) bond motifs is 1. The van der Waals surface area contributed by atoms with Gasteiger partial charge in [0.1, 0.15) is 10.3 Å². The molecule has 1 N–H and O–H groups in total. The van der Waals surface area contributed by atoms with E-state index in [-0.39, 0.29) is 16.2 Å². The summed E-state index contributed by atoms with van der Waals surface area (Å²) in [4.78, 5) is 12.9. The lowest BCUT2D eigenvalue weighted by molar-refractivity contribution is -0.124. The third-order valence-electron chi connectivity index (χ3n) is 5.20. The zero-order chi connectivity index (χ0) is 19.7. The maximum absolute atomic E-state index is 12.9. The Morgan fingerprint density at radius 1 is 1.14 bits per heavy atom. The number of rotatable bonds is 5. The summed E-state index contributed by atoms with van der Waals surface area (Å²) >= 11 is 1.18. The molecule has 5 nitrogen and oxygen atoms in total. The van der Waals surface area contributed by atoms with Crippen molar-refractivity contribution < 1.29 is 13.2 Å². The second-order valence-corrected chi connectivity index (χ2v) is 10.1. The largest absolute Gasteiger partial charge is 0.348 e. The van der Waals surface area contributed by atoms with E-state index in [4.69, 9.17) is 0 Å². The van der Waals surface area contributed by atoms with Crippen LogP contribution >= 0.6 is 11.3 Å². The van der Waals surface area contributed by atoms with Crippen molar-refractivity contribution in [3.05, 3.63) is 65.5 Å². The first kappa shape index (κ1) is 19.1. The van der Waals surface area contributed by atoms with Gasteiger partial charge in [-0.15, -0.1) is 11.3 Å². The molecule has 2 heterocycles. The summed E-state index contributed by atoms with van der Waals surface area (Å²) in [5, 5.41) is 7.01. The van der Waals surface area contributed by atoms with Gasteiger partial charge in [-0.2, -0.15) is 4.31 Å². The molecule has 2 aromatic carbocycles. The van der Waals surface area contributed by atoms with Crippen molar-refractivity contribution in [1.29, 1.82) is 0 Å². The summed E-state index contributed by atoms with van der Waals surface area (Å²) in [5.41, 5.74) is 0.998. The van der Waals surface area contributed by atoms with E-state index in [2.05, 4.69) is 11.4 Å². The number of benzene rings is 2. The maximum Gasteiger partial charge on any atom is 0.253 e. The number of carbonyl (C=O) groups is 1. The van der Waals surface area contributed by atoms with E-state index in [0.29, 0.717) is 19.4 Å². The van der Waals surface area contributed by atoms with Crippen LogP contribution in [-0.2, 0) is 14.8 Å². The predicted octanol–water partition coefficient (Wildman–Crippen LogP) is 3.93. The van der Waals surface area contributed by atoms with E-state index < -0.39 is 16.1 Å². The minimum absolute atomic E-state index is 0.205. The van der Waals surface area contributed by atoms with Crippen LogP contribution in [0.1, 0.15) is 31.4 Å². The second-order valence-electron chi connectivity index (χ2n) is 7.04. The molecular weight excluding hydrogens is 392 g/mol. The second kappa shape index (κ2) is 7.66. The molecule has 2 unspecified atom stereocenters. The van der Waals surface area contributed by atoms with Crippen LogP contribution in [0.3, 0.4) is 0 Å². The molecule has 0 saturated carbocycles. The van der Waals surface area contributed by atoms with Gasteiger partial charge in [0.15, 0.2) is 0 Å². The van der Waals surface area contributed by atoms with Crippen molar-refractivity contribution in [2.45, 2.75) is 36.1 Å².